The number of carbonyl (C=O) groups excluding carboxylic acids is 1. The number of nitrogens with zero attached hydrogens (tertiary/aromatic N) is 3. The van der Waals surface area contributed by atoms with Crippen LogP contribution < -0.4 is 14.8 Å². The van der Waals surface area contributed by atoms with Gasteiger partial charge in [-0.25, -0.2) is 0 Å². The third kappa shape index (κ3) is 6.74. The number of hydrogen-bond acceptors (Lipinski definition) is 6. The largest absolute Gasteiger partial charge is 0.497 e. The lowest BCUT2D eigenvalue weighted by atomic mass is 10.1. The van der Waals surface area contributed by atoms with E-state index in [9.17, 15) is 4.79 Å². The Bertz CT molecular complexity index is 1100. The summed E-state index contributed by atoms with van der Waals surface area (Å²) in [5.41, 5.74) is 2.98. The molecule has 2 aromatic carbocycles. The Labute approximate surface area is 199 Å². The fourth-order valence-electron chi connectivity index (χ4n) is 3.36. The quantitative estimate of drug-likeness (QED) is 0.400. The average Bonchev–Trinajstić information content (AvgIpc) is 3.17. The van der Waals surface area contributed by atoms with E-state index in [2.05, 4.69) is 29.4 Å². The number of thioether (sulfide) groups is 1. The van der Waals surface area contributed by atoms with E-state index in [-0.39, 0.29) is 17.8 Å². The molecule has 0 saturated carbocycles. The number of aromatic nitrogens is 3. The molecular formula is C25H32N4O3S. The number of carbonyl (C=O) groups is 1. The Morgan fingerprint density at radius 2 is 1.85 bits per heavy atom. The molecule has 1 atom stereocenters. The molecule has 0 aliphatic carbocycles. The number of amides is 1. The van der Waals surface area contributed by atoms with Crippen molar-refractivity contribution in [1.29, 1.82) is 0 Å². The number of aryl methyl sites for hydroxylation is 2. The fourth-order valence-corrected chi connectivity index (χ4v) is 4.12. The van der Waals surface area contributed by atoms with Crippen LogP contribution in [0.2, 0.25) is 0 Å². The van der Waals surface area contributed by atoms with Crippen LogP contribution >= 0.6 is 11.8 Å². The standard InChI is InChI=1S/C25H32N4O3S/c1-16(2)14-29-24(19(5)32-21-9-7-8-20(13-21)31-6)27-28-25(29)33-15-23(30)26-22-12-17(3)10-11-18(22)4/h7-13,16,19H,14-15H2,1-6H3,(H,26,30). The van der Waals surface area contributed by atoms with Gasteiger partial charge < -0.3 is 19.4 Å². The zero-order valence-corrected chi connectivity index (χ0v) is 20.9. The second-order valence-corrected chi connectivity index (χ2v) is 9.38. The van der Waals surface area contributed by atoms with Crippen LogP contribution in [-0.2, 0) is 11.3 Å². The van der Waals surface area contributed by atoms with Gasteiger partial charge in [-0.2, -0.15) is 0 Å². The Morgan fingerprint density at radius 1 is 1.09 bits per heavy atom. The van der Waals surface area contributed by atoms with Crippen molar-refractivity contribution in [1.82, 2.24) is 14.8 Å². The van der Waals surface area contributed by atoms with E-state index in [1.54, 1.807) is 7.11 Å². The average molecular weight is 469 g/mol. The highest BCUT2D eigenvalue weighted by molar-refractivity contribution is 7.99. The van der Waals surface area contributed by atoms with Gasteiger partial charge in [-0.15, -0.1) is 10.2 Å². The Kier molecular flexibility index (Phi) is 8.38. The second kappa shape index (κ2) is 11.2. The summed E-state index contributed by atoms with van der Waals surface area (Å²) in [5.74, 6) is 2.71. The minimum atomic E-state index is -0.318. The highest BCUT2D eigenvalue weighted by atomic mass is 32.2. The van der Waals surface area contributed by atoms with Crippen LogP contribution in [0.15, 0.2) is 47.6 Å². The van der Waals surface area contributed by atoms with Gasteiger partial charge in [0.1, 0.15) is 11.5 Å². The smallest absolute Gasteiger partial charge is 0.234 e. The number of ether oxygens (including phenoxy) is 2. The van der Waals surface area contributed by atoms with Gasteiger partial charge in [0, 0.05) is 18.3 Å². The summed E-state index contributed by atoms with van der Waals surface area (Å²) < 4.78 is 13.4. The third-order valence-electron chi connectivity index (χ3n) is 5.01. The maximum absolute atomic E-state index is 12.6. The highest BCUT2D eigenvalue weighted by Crippen LogP contribution is 2.27. The van der Waals surface area contributed by atoms with Gasteiger partial charge in [0.05, 0.1) is 12.9 Å². The van der Waals surface area contributed by atoms with Crippen molar-refractivity contribution in [3.8, 4) is 11.5 Å². The zero-order chi connectivity index (χ0) is 24.0. The number of nitrogens with one attached hydrogen (secondary N) is 1. The predicted octanol–water partition coefficient (Wildman–Crippen LogP) is 5.43. The highest BCUT2D eigenvalue weighted by Gasteiger charge is 2.21. The molecule has 0 aliphatic heterocycles. The van der Waals surface area contributed by atoms with Crippen LogP contribution in [0.1, 0.15) is 43.8 Å². The molecule has 8 heteroatoms. The van der Waals surface area contributed by atoms with Crippen molar-refractivity contribution < 1.29 is 14.3 Å². The van der Waals surface area contributed by atoms with Crippen LogP contribution in [-0.4, -0.2) is 33.5 Å². The molecule has 0 aliphatic rings. The molecule has 1 unspecified atom stereocenters. The summed E-state index contributed by atoms with van der Waals surface area (Å²) in [4.78, 5) is 12.6. The molecule has 0 saturated heterocycles. The van der Waals surface area contributed by atoms with Crippen LogP contribution in [0, 0.1) is 19.8 Å². The molecule has 0 bridgehead atoms. The summed E-state index contributed by atoms with van der Waals surface area (Å²) in [5, 5.41) is 12.5. The topological polar surface area (TPSA) is 78.3 Å². The van der Waals surface area contributed by atoms with E-state index in [1.165, 1.54) is 11.8 Å². The maximum Gasteiger partial charge on any atom is 0.234 e. The van der Waals surface area contributed by atoms with E-state index < -0.39 is 0 Å². The lowest BCUT2D eigenvalue weighted by Crippen LogP contribution is -2.17. The first-order chi connectivity index (χ1) is 15.8. The monoisotopic (exact) mass is 468 g/mol. The van der Waals surface area contributed by atoms with Crippen molar-refractivity contribution in [2.75, 3.05) is 18.2 Å². The number of methoxy groups -OCH3 is 1. The van der Waals surface area contributed by atoms with Gasteiger partial charge in [-0.3, -0.25) is 4.79 Å². The molecule has 3 aromatic rings. The number of anilines is 1. The van der Waals surface area contributed by atoms with Gasteiger partial charge in [-0.05, 0) is 56.0 Å². The van der Waals surface area contributed by atoms with Crippen LogP contribution in [0.25, 0.3) is 0 Å². The minimum absolute atomic E-state index is 0.0741. The number of rotatable bonds is 10. The minimum Gasteiger partial charge on any atom is -0.497 e. The summed E-state index contributed by atoms with van der Waals surface area (Å²) in [6.07, 6.45) is -0.318. The first-order valence-corrected chi connectivity index (χ1v) is 12.0. The van der Waals surface area contributed by atoms with Gasteiger partial charge in [0.2, 0.25) is 5.91 Å². The first kappa shape index (κ1) is 24.6. The molecule has 1 amide bonds. The third-order valence-corrected chi connectivity index (χ3v) is 5.98. The van der Waals surface area contributed by atoms with Gasteiger partial charge in [-0.1, -0.05) is 43.8 Å². The van der Waals surface area contributed by atoms with E-state index in [0.717, 1.165) is 34.9 Å². The van der Waals surface area contributed by atoms with Crippen molar-refractivity contribution in [2.45, 2.75) is 52.4 Å². The summed E-state index contributed by atoms with van der Waals surface area (Å²) in [7, 11) is 1.63. The molecule has 1 N–H and O–H groups in total. The Hall–Kier alpha value is -3.00. The maximum atomic E-state index is 12.6. The Morgan fingerprint density at radius 3 is 2.58 bits per heavy atom. The second-order valence-electron chi connectivity index (χ2n) is 8.44. The summed E-state index contributed by atoms with van der Waals surface area (Å²) in [6.45, 7) is 10.9. The molecule has 0 radical (unpaired) electrons. The van der Waals surface area contributed by atoms with E-state index >= 15 is 0 Å². The van der Waals surface area contributed by atoms with Crippen molar-refractivity contribution >= 4 is 23.4 Å². The van der Waals surface area contributed by atoms with E-state index in [0.29, 0.717) is 16.8 Å². The van der Waals surface area contributed by atoms with Crippen LogP contribution in [0.5, 0.6) is 11.5 Å². The normalized spacial score (nSPS) is 12.0. The van der Waals surface area contributed by atoms with Crippen LogP contribution in [0.4, 0.5) is 5.69 Å². The lowest BCUT2D eigenvalue weighted by molar-refractivity contribution is -0.113. The molecule has 0 spiro atoms. The van der Waals surface area contributed by atoms with Gasteiger partial charge in [0.15, 0.2) is 17.1 Å². The molecule has 1 heterocycles. The summed E-state index contributed by atoms with van der Waals surface area (Å²) >= 11 is 1.38. The molecule has 1 aromatic heterocycles. The van der Waals surface area contributed by atoms with Gasteiger partial charge >= 0.3 is 0 Å². The van der Waals surface area contributed by atoms with E-state index in [4.69, 9.17) is 9.47 Å². The lowest BCUT2D eigenvalue weighted by Gasteiger charge is -2.18. The first-order valence-electron chi connectivity index (χ1n) is 11.0. The van der Waals surface area contributed by atoms with Crippen molar-refractivity contribution in [2.24, 2.45) is 5.92 Å². The molecule has 33 heavy (non-hydrogen) atoms. The predicted molar refractivity (Wildman–Crippen MR) is 132 cm³/mol. The summed E-state index contributed by atoms with van der Waals surface area (Å²) in [6, 6.07) is 13.5. The Balaban J connectivity index is 1.71. The van der Waals surface area contributed by atoms with Crippen molar-refractivity contribution in [3.63, 3.8) is 0 Å². The molecule has 0 fully saturated rings. The van der Waals surface area contributed by atoms with Gasteiger partial charge in [0.25, 0.3) is 0 Å². The molecule has 3 rings (SSSR count). The van der Waals surface area contributed by atoms with Crippen LogP contribution in [0.3, 0.4) is 0 Å². The van der Waals surface area contributed by atoms with Crippen molar-refractivity contribution in [3.05, 3.63) is 59.4 Å². The van der Waals surface area contributed by atoms with E-state index in [1.807, 2.05) is 67.8 Å². The zero-order valence-electron chi connectivity index (χ0n) is 20.1. The number of benzene rings is 2. The number of hydrogen-bond donors (Lipinski definition) is 1. The fraction of sp³-hybridized carbons (Fsp3) is 0.400. The molecule has 176 valence electrons. The molecule has 7 nitrogen and oxygen atoms in total. The SMILES string of the molecule is COc1cccc(OC(C)c2nnc(SCC(=O)Nc3cc(C)ccc3C)n2CC(C)C)c1. The molecular weight excluding hydrogens is 436 g/mol.